The Balaban J connectivity index is 1.82. The van der Waals surface area contributed by atoms with Crippen molar-refractivity contribution in [2.45, 2.75) is 104 Å². The highest BCUT2D eigenvalue weighted by Gasteiger charge is 2.70. The maximum Gasteiger partial charge on any atom is 0.408 e. The second-order valence-corrected chi connectivity index (χ2v) is 14.1. The van der Waals surface area contributed by atoms with Gasteiger partial charge in [-0.25, -0.2) is 4.79 Å². The molecule has 5 unspecified atom stereocenters. The van der Waals surface area contributed by atoms with E-state index in [1.54, 1.807) is 25.7 Å². The van der Waals surface area contributed by atoms with Crippen molar-refractivity contribution in [3.63, 3.8) is 0 Å². The van der Waals surface area contributed by atoms with Gasteiger partial charge in [0.05, 0.1) is 6.04 Å². The van der Waals surface area contributed by atoms with E-state index in [9.17, 15) is 24.3 Å². The Labute approximate surface area is 232 Å². The molecule has 4 N–H and O–H groups in total. The lowest BCUT2D eigenvalue weighted by Crippen LogP contribution is -2.61. The van der Waals surface area contributed by atoms with Crippen LogP contribution >= 0.6 is 0 Å². The molecule has 3 fully saturated rings. The maximum atomic E-state index is 14.0. The minimum atomic E-state index is -1.42. The number of hydrogen-bond donors (Lipinski definition) is 4. The first-order valence-corrected chi connectivity index (χ1v) is 14.1. The summed E-state index contributed by atoms with van der Waals surface area (Å²) in [7, 11) is 0. The number of hydrogen-bond acceptors (Lipinski definition) is 6. The second-order valence-electron chi connectivity index (χ2n) is 14.1. The Bertz CT molecular complexity index is 977. The van der Waals surface area contributed by atoms with E-state index in [1.807, 2.05) is 20.8 Å². The van der Waals surface area contributed by atoms with Crippen molar-refractivity contribution in [3.8, 4) is 0 Å². The SMILES string of the molecule is C=CCNC(=O)C(O)C(CC1CC1)NC(=O)[C@@H]1C2C(CN1C(=O)C(NC(=O)OC(C)(C)C)C(C)(C)C)C2(C)C. The van der Waals surface area contributed by atoms with Crippen LogP contribution in [0.4, 0.5) is 4.79 Å². The minimum Gasteiger partial charge on any atom is -0.444 e. The zero-order valence-corrected chi connectivity index (χ0v) is 24.8. The van der Waals surface area contributed by atoms with E-state index < -0.39 is 47.2 Å². The number of likely N-dealkylation sites (tertiary alicyclic amines) is 1. The summed E-state index contributed by atoms with van der Waals surface area (Å²) in [4.78, 5) is 54.5. The normalized spacial score (nSPS) is 26.0. The number of alkyl carbamates (subject to hydrolysis) is 1. The van der Waals surface area contributed by atoms with E-state index in [-0.39, 0.29) is 35.6 Å². The Morgan fingerprint density at radius 2 is 1.72 bits per heavy atom. The Kier molecular flexibility index (Phi) is 8.80. The summed E-state index contributed by atoms with van der Waals surface area (Å²) in [5.74, 6) is -0.878. The second kappa shape index (κ2) is 11.1. The van der Waals surface area contributed by atoms with E-state index in [0.717, 1.165) is 12.8 Å². The number of carbonyl (C=O) groups excluding carboxylic acids is 4. The van der Waals surface area contributed by atoms with Gasteiger partial charge in [0.15, 0.2) is 6.10 Å². The van der Waals surface area contributed by atoms with Gasteiger partial charge in [0, 0.05) is 13.1 Å². The zero-order chi connectivity index (χ0) is 29.5. The highest BCUT2D eigenvalue weighted by molar-refractivity contribution is 5.94. The summed E-state index contributed by atoms with van der Waals surface area (Å²) in [6, 6.07) is -2.46. The smallest absolute Gasteiger partial charge is 0.408 e. The van der Waals surface area contributed by atoms with Crippen molar-refractivity contribution in [2.75, 3.05) is 13.1 Å². The number of carbonyl (C=O) groups is 4. The van der Waals surface area contributed by atoms with E-state index in [0.29, 0.717) is 18.9 Å². The van der Waals surface area contributed by atoms with Crippen LogP contribution in [0, 0.1) is 28.6 Å². The predicted molar refractivity (Wildman–Crippen MR) is 147 cm³/mol. The number of rotatable bonds is 10. The van der Waals surface area contributed by atoms with Gasteiger partial charge >= 0.3 is 6.09 Å². The number of nitrogens with zero attached hydrogens (tertiary/aromatic N) is 1. The summed E-state index contributed by atoms with van der Waals surface area (Å²) in [5, 5.41) is 19.1. The van der Waals surface area contributed by atoms with Crippen LogP contribution in [0.2, 0.25) is 0 Å². The fourth-order valence-electron chi connectivity index (χ4n) is 5.76. The molecule has 220 valence electrons. The molecule has 10 nitrogen and oxygen atoms in total. The van der Waals surface area contributed by atoms with Gasteiger partial charge < -0.3 is 30.7 Å². The number of piperidine rings is 1. The van der Waals surface area contributed by atoms with Crippen molar-refractivity contribution in [3.05, 3.63) is 12.7 Å². The summed E-state index contributed by atoms with van der Waals surface area (Å²) in [5.41, 5.74) is -1.50. The fourth-order valence-corrected chi connectivity index (χ4v) is 5.76. The Morgan fingerprint density at radius 3 is 2.23 bits per heavy atom. The van der Waals surface area contributed by atoms with Gasteiger partial charge in [-0.15, -0.1) is 6.58 Å². The molecule has 39 heavy (non-hydrogen) atoms. The lowest BCUT2D eigenvalue weighted by molar-refractivity contribution is -0.145. The van der Waals surface area contributed by atoms with Crippen LogP contribution in [-0.4, -0.2) is 76.7 Å². The first-order valence-electron chi connectivity index (χ1n) is 14.1. The average Bonchev–Trinajstić information content (AvgIpc) is 3.65. The minimum absolute atomic E-state index is 0.0584. The third kappa shape index (κ3) is 7.32. The number of ether oxygens (including phenoxy) is 1. The standard InChI is InChI=1S/C29H48N4O6/c1-10-13-30-24(36)21(34)18(14-16-11-12-16)31-23(35)20-19-17(29(19,8)9)15-33(20)25(37)22(27(2,3)4)32-26(38)39-28(5,6)7/h10,16-22,34H,1,11-15H2,2-9H3,(H,30,36)(H,31,35)(H,32,38)/t17?,18?,19?,20-,21?,22?/m0/s1. The quantitative estimate of drug-likeness (QED) is 0.309. The van der Waals surface area contributed by atoms with Crippen molar-refractivity contribution in [1.82, 2.24) is 20.9 Å². The molecule has 3 aliphatic rings. The molecule has 4 amide bonds. The summed E-state index contributed by atoms with van der Waals surface area (Å²) < 4.78 is 5.41. The Hall–Kier alpha value is -2.62. The molecular formula is C29H48N4O6. The average molecular weight is 549 g/mol. The molecule has 0 bridgehead atoms. The summed E-state index contributed by atoms with van der Waals surface area (Å²) >= 11 is 0. The van der Waals surface area contributed by atoms with Crippen molar-refractivity contribution < 1.29 is 29.0 Å². The third-order valence-electron chi connectivity index (χ3n) is 8.22. The molecule has 3 rings (SSSR count). The highest BCUT2D eigenvalue weighted by Crippen LogP contribution is 2.65. The molecular weight excluding hydrogens is 500 g/mol. The molecule has 1 heterocycles. The van der Waals surface area contributed by atoms with Crippen molar-refractivity contribution in [2.24, 2.45) is 28.6 Å². The van der Waals surface area contributed by atoms with Crippen LogP contribution in [0.5, 0.6) is 0 Å². The number of aliphatic hydroxyl groups is 1. The van der Waals surface area contributed by atoms with E-state index in [4.69, 9.17) is 4.74 Å². The highest BCUT2D eigenvalue weighted by atomic mass is 16.6. The third-order valence-corrected chi connectivity index (χ3v) is 8.22. The van der Waals surface area contributed by atoms with Gasteiger partial charge in [0.1, 0.15) is 17.7 Å². The van der Waals surface area contributed by atoms with Gasteiger partial charge in [-0.05, 0) is 55.8 Å². The largest absolute Gasteiger partial charge is 0.444 e. The van der Waals surface area contributed by atoms with E-state index in [1.165, 1.54) is 6.08 Å². The zero-order valence-electron chi connectivity index (χ0n) is 24.8. The van der Waals surface area contributed by atoms with E-state index >= 15 is 0 Å². The number of nitrogens with one attached hydrogen (secondary N) is 3. The Morgan fingerprint density at radius 1 is 1.10 bits per heavy atom. The van der Waals surface area contributed by atoms with Crippen molar-refractivity contribution >= 4 is 23.8 Å². The van der Waals surface area contributed by atoms with Crippen molar-refractivity contribution in [1.29, 1.82) is 0 Å². The van der Waals surface area contributed by atoms with Crippen LogP contribution in [0.25, 0.3) is 0 Å². The van der Waals surface area contributed by atoms with E-state index in [2.05, 4.69) is 36.4 Å². The predicted octanol–water partition coefficient (Wildman–Crippen LogP) is 2.36. The lowest BCUT2D eigenvalue weighted by Gasteiger charge is -2.38. The lowest BCUT2D eigenvalue weighted by atomic mass is 9.85. The number of fused-ring (bicyclic) bond motifs is 1. The van der Waals surface area contributed by atoms with Gasteiger partial charge in [-0.1, -0.05) is 53.5 Å². The van der Waals surface area contributed by atoms with Crippen LogP contribution in [0.3, 0.4) is 0 Å². The molecule has 2 saturated carbocycles. The first-order chi connectivity index (χ1) is 17.9. The van der Waals surface area contributed by atoms with Gasteiger partial charge in [0.25, 0.3) is 5.91 Å². The van der Waals surface area contributed by atoms with Gasteiger partial charge in [0.2, 0.25) is 11.8 Å². The molecule has 1 aliphatic heterocycles. The van der Waals surface area contributed by atoms with Crippen LogP contribution < -0.4 is 16.0 Å². The maximum absolute atomic E-state index is 14.0. The number of aliphatic hydroxyl groups excluding tert-OH is 1. The van der Waals surface area contributed by atoms with Crippen LogP contribution in [0.15, 0.2) is 12.7 Å². The molecule has 2 aliphatic carbocycles. The van der Waals surface area contributed by atoms with Gasteiger partial charge in [-0.2, -0.15) is 0 Å². The van der Waals surface area contributed by atoms with Gasteiger partial charge in [-0.3, -0.25) is 14.4 Å². The molecule has 0 spiro atoms. The topological polar surface area (TPSA) is 137 Å². The van der Waals surface area contributed by atoms with Crippen LogP contribution in [0.1, 0.15) is 74.7 Å². The molecule has 6 atom stereocenters. The monoisotopic (exact) mass is 548 g/mol. The molecule has 1 saturated heterocycles. The number of amides is 4. The van der Waals surface area contributed by atoms with Crippen LogP contribution in [-0.2, 0) is 19.1 Å². The summed E-state index contributed by atoms with van der Waals surface area (Å²) in [6.07, 6.45) is 1.87. The molecule has 0 radical (unpaired) electrons. The summed E-state index contributed by atoms with van der Waals surface area (Å²) in [6.45, 7) is 19.2. The molecule has 0 aromatic carbocycles. The fraction of sp³-hybridized carbons (Fsp3) is 0.793. The molecule has 0 aromatic rings. The first kappa shape index (κ1) is 30.9. The molecule has 10 heteroatoms. The molecule has 0 aromatic heterocycles.